The summed E-state index contributed by atoms with van der Waals surface area (Å²) in [6.45, 7) is 8.60. The zero-order chi connectivity index (χ0) is 13.4. The third-order valence-electron chi connectivity index (χ3n) is 3.23. The molecule has 0 atom stereocenters. The van der Waals surface area contributed by atoms with E-state index in [9.17, 15) is 13.2 Å². The number of hydrogen-bond donors (Lipinski definition) is 0. The van der Waals surface area contributed by atoms with Crippen molar-refractivity contribution in [1.29, 1.82) is 0 Å². The normalized spacial score (nSPS) is 13.1. The number of alkyl halides is 3. The number of allylic oxidation sites excluding steroid dienone is 2. The van der Waals surface area contributed by atoms with Crippen molar-refractivity contribution in [3.05, 3.63) is 40.0 Å². The average molecular weight is 242 g/mol. The molecule has 0 aromatic heterocycles. The lowest BCUT2D eigenvalue weighted by Gasteiger charge is -2.19. The summed E-state index contributed by atoms with van der Waals surface area (Å²) in [7, 11) is 0. The first kappa shape index (κ1) is 13.8. The lowest BCUT2D eigenvalue weighted by atomic mass is 9.89. The summed E-state index contributed by atoms with van der Waals surface area (Å²) in [4.78, 5) is 0. The Labute approximate surface area is 100 Å². The summed E-state index contributed by atoms with van der Waals surface area (Å²) in [5.74, 6) is 0. The summed E-state index contributed by atoms with van der Waals surface area (Å²) in [5, 5.41) is 0. The van der Waals surface area contributed by atoms with Crippen LogP contribution in [0.5, 0.6) is 0 Å². The molecule has 0 heterocycles. The Kier molecular flexibility index (Phi) is 3.70. The van der Waals surface area contributed by atoms with Crippen molar-refractivity contribution in [3.63, 3.8) is 0 Å². The molecule has 1 rings (SSSR count). The molecule has 0 bridgehead atoms. The Morgan fingerprint density at radius 3 is 1.71 bits per heavy atom. The fourth-order valence-corrected chi connectivity index (χ4v) is 2.07. The van der Waals surface area contributed by atoms with Crippen LogP contribution < -0.4 is 0 Å². The first-order chi connectivity index (χ1) is 7.70. The van der Waals surface area contributed by atoms with Gasteiger partial charge in [-0.1, -0.05) is 12.1 Å². The van der Waals surface area contributed by atoms with E-state index in [0.29, 0.717) is 16.7 Å². The van der Waals surface area contributed by atoms with Gasteiger partial charge in [-0.3, -0.25) is 0 Å². The molecule has 0 aliphatic heterocycles. The summed E-state index contributed by atoms with van der Waals surface area (Å²) >= 11 is 0. The van der Waals surface area contributed by atoms with E-state index >= 15 is 0 Å². The third-order valence-corrected chi connectivity index (χ3v) is 3.23. The SMILES string of the molecule is CC=C(c1c(C)c(C)cc(C)c1C)C(F)(F)F. The second-order valence-electron chi connectivity index (χ2n) is 4.34. The molecule has 17 heavy (non-hydrogen) atoms. The van der Waals surface area contributed by atoms with Gasteiger partial charge < -0.3 is 0 Å². The summed E-state index contributed by atoms with van der Waals surface area (Å²) in [6.07, 6.45) is -3.15. The topological polar surface area (TPSA) is 0 Å². The third kappa shape index (κ3) is 2.54. The summed E-state index contributed by atoms with van der Waals surface area (Å²) in [6, 6.07) is 1.93. The quantitative estimate of drug-likeness (QED) is 0.658. The highest BCUT2D eigenvalue weighted by atomic mass is 19.4. The molecule has 0 amide bonds. The number of rotatable bonds is 1. The monoisotopic (exact) mass is 242 g/mol. The molecule has 0 radical (unpaired) electrons. The predicted molar refractivity (Wildman–Crippen MR) is 65.1 cm³/mol. The predicted octanol–water partition coefficient (Wildman–Crippen LogP) is 4.89. The van der Waals surface area contributed by atoms with Gasteiger partial charge in [0.2, 0.25) is 0 Å². The fraction of sp³-hybridized carbons (Fsp3) is 0.429. The van der Waals surface area contributed by atoms with Gasteiger partial charge in [0.1, 0.15) is 0 Å². The van der Waals surface area contributed by atoms with Gasteiger partial charge in [-0.05, 0) is 62.4 Å². The van der Waals surface area contributed by atoms with Crippen molar-refractivity contribution in [1.82, 2.24) is 0 Å². The van der Waals surface area contributed by atoms with Crippen molar-refractivity contribution in [2.75, 3.05) is 0 Å². The van der Waals surface area contributed by atoms with Gasteiger partial charge in [0, 0.05) is 0 Å². The Morgan fingerprint density at radius 2 is 1.41 bits per heavy atom. The van der Waals surface area contributed by atoms with Gasteiger partial charge >= 0.3 is 6.18 Å². The number of aryl methyl sites for hydroxylation is 2. The molecule has 3 heteroatoms. The van der Waals surface area contributed by atoms with Gasteiger partial charge in [0.15, 0.2) is 0 Å². The fourth-order valence-electron chi connectivity index (χ4n) is 2.07. The molecule has 0 spiro atoms. The van der Waals surface area contributed by atoms with Gasteiger partial charge in [-0.25, -0.2) is 0 Å². The Hall–Kier alpha value is -1.25. The van der Waals surface area contributed by atoms with Crippen molar-refractivity contribution >= 4 is 5.57 Å². The molecular formula is C14H17F3. The van der Waals surface area contributed by atoms with Gasteiger partial charge in [0.05, 0.1) is 5.57 Å². The number of halogens is 3. The maximum atomic E-state index is 13.0. The minimum absolute atomic E-state index is 0.331. The highest BCUT2D eigenvalue weighted by Crippen LogP contribution is 2.38. The zero-order valence-corrected chi connectivity index (χ0v) is 10.8. The minimum atomic E-state index is -4.30. The number of hydrogen-bond acceptors (Lipinski definition) is 0. The van der Waals surface area contributed by atoms with Gasteiger partial charge in [-0.15, -0.1) is 0 Å². The van der Waals surface area contributed by atoms with E-state index in [1.54, 1.807) is 13.8 Å². The Morgan fingerprint density at radius 1 is 1.00 bits per heavy atom. The molecule has 0 saturated heterocycles. The van der Waals surface area contributed by atoms with Gasteiger partial charge in [0.25, 0.3) is 0 Å². The molecule has 1 aromatic rings. The van der Waals surface area contributed by atoms with E-state index in [2.05, 4.69) is 0 Å². The van der Waals surface area contributed by atoms with E-state index in [4.69, 9.17) is 0 Å². The summed E-state index contributed by atoms with van der Waals surface area (Å²) in [5.41, 5.74) is 2.99. The second kappa shape index (κ2) is 4.55. The molecule has 0 nitrogen and oxygen atoms in total. The van der Waals surface area contributed by atoms with Crippen LogP contribution in [0.2, 0.25) is 0 Å². The minimum Gasteiger partial charge on any atom is -0.166 e. The second-order valence-corrected chi connectivity index (χ2v) is 4.34. The molecule has 0 aliphatic rings. The molecule has 0 aliphatic carbocycles. The van der Waals surface area contributed by atoms with Crippen LogP contribution in [0.1, 0.15) is 34.7 Å². The van der Waals surface area contributed by atoms with E-state index in [-0.39, 0.29) is 0 Å². The molecule has 0 N–H and O–H groups in total. The van der Waals surface area contributed by atoms with Crippen LogP contribution in [0.15, 0.2) is 12.1 Å². The highest BCUT2D eigenvalue weighted by Gasteiger charge is 2.35. The molecule has 0 fully saturated rings. The van der Waals surface area contributed by atoms with Crippen LogP contribution in [0.4, 0.5) is 13.2 Å². The molecule has 0 saturated carbocycles. The maximum Gasteiger partial charge on any atom is 0.416 e. The molecular weight excluding hydrogens is 225 g/mol. The zero-order valence-electron chi connectivity index (χ0n) is 10.8. The van der Waals surface area contributed by atoms with Crippen LogP contribution in [-0.4, -0.2) is 6.18 Å². The van der Waals surface area contributed by atoms with E-state index in [0.717, 1.165) is 17.2 Å². The lowest BCUT2D eigenvalue weighted by molar-refractivity contribution is -0.0690. The number of benzene rings is 1. The Balaban J connectivity index is 3.61. The van der Waals surface area contributed by atoms with Crippen LogP contribution in [0, 0.1) is 27.7 Å². The van der Waals surface area contributed by atoms with Crippen LogP contribution in [0.3, 0.4) is 0 Å². The van der Waals surface area contributed by atoms with Crippen molar-refractivity contribution in [2.24, 2.45) is 0 Å². The largest absolute Gasteiger partial charge is 0.416 e. The summed E-state index contributed by atoms with van der Waals surface area (Å²) < 4.78 is 38.9. The van der Waals surface area contributed by atoms with E-state index in [1.165, 1.54) is 6.92 Å². The Bertz CT molecular complexity index is 439. The van der Waals surface area contributed by atoms with Crippen molar-refractivity contribution in [2.45, 2.75) is 40.8 Å². The van der Waals surface area contributed by atoms with Gasteiger partial charge in [-0.2, -0.15) is 13.2 Å². The smallest absolute Gasteiger partial charge is 0.166 e. The van der Waals surface area contributed by atoms with Crippen LogP contribution >= 0.6 is 0 Å². The standard InChI is InChI=1S/C14H17F3/c1-6-12(14(15,16)17)13-10(4)8(2)7-9(3)11(13)5/h6-7H,1-5H3. The molecule has 0 unspecified atom stereocenters. The first-order valence-electron chi connectivity index (χ1n) is 5.51. The van der Waals surface area contributed by atoms with Crippen LogP contribution in [0.25, 0.3) is 5.57 Å². The lowest BCUT2D eigenvalue weighted by Crippen LogP contribution is -2.13. The van der Waals surface area contributed by atoms with E-state index < -0.39 is 11.7 Å². The first-order valence-corrected chi connectivity index (χ1v) is 5.51. The van der Waals surface area contributed by atoms with Crippen molar-refractivity contribution in [3.8, 4) is 0 Å². The molecule has 94 valence electrons. The van der Waals surface area contributed by atoms with Crippen molar-refractivity contribution < 1.29 is 13.2 Å². The average Bonchev–Trinajstić information content (AvgIpc) is 2.19. The maximum absolute atomic E-state index is 13.0. The molecule has 1 aromatic carbocycles. The van der Waals surface area contributed by atoms with Crippen LogP contribution in [-0.2, 0) is 0 Å². The van der Waals surface area contributed by atoms with E-state index in [1.807, 2.05) is 19.9 Å². The highest BCUT2D eigenvalue weighted by molar-refractivity contribution is 5.75.